The monoisotopic (exact) mass is 275 g/mol. The van der Waals surface area contributed by atoms with Crippen LogP contribution in [0.2, 0.25) is 0 Å². The SMILES string of the molecule is Cc1nnc([C@H]2CCCN(Cc3ccnn3C)[C@H]2C)o1. The van der Waals surface area contributed by atoms with Crippen molar-refractivity contribution in [3.05, 3.63) is 29.7 Å². The molecule has 3 rings (SSSR count). The van der Waals surface area contributed by atoms with Crippen molar-refractivity contribution in [2.75, 3.05) is 6.54 Å². The highest BCUT2D eigenvalue weighted by Crippen LogP contribution is 2.32. The summed E-state index contributed by atoms with van der Waals surface area (Å²) in [4.78, 5) is 2.48. The minimum Gasteiger partial charge on any atom is -0.425 e. The van der Waals surface area contributed by atoms with Crippen molar-refractivity contribution in [2.45, 2.75) is 45.2 Å². The van der Waals surface area contributed by atoms with Gasteiger partial charge < -0.3 is 4.42 Å². The average Bonchev–Trinajstić information content (AvgIpc) is 3.02. The molecule has 2 aromatic heterocycles. The van der Waals surface area contributed by atoms with Crippen LogP contribution in [-0.2, 0) is 13.6 Å². The summed E-state index contributed by atoms with van der Waals surface area (Å²) in [6.07, 6.45) is 4.13. The minimum atomic E-state index is 0.332. The fourth-order valence-corrected chi connectivity index (χ4v) is 2.99. The zero-order valence-electron chi connectivity index (χ0n) is 12.3. The van der Waals surface area contributed by atoms with Gasteiger partial charge in [-0.15, -0.1) is 10.2 Å². The first-order valence-corrected chi connectivity index (χ1v) is 7.16. The molecule has 2 atom stereocenters. The third-order valence-corrected chi connectivity index (χ3v) is 4.27. The number of hydrogen-bond donors (Lipinski definition) is 0. The van der Waals surface area contributed by atoms with Gasteiger partial charge in [-0.1, -0.05) is 0 Å². The molecule has 3 heterocycles. The van der Waals surface area contributed by atoms with Crippen molar-refractivity contribution >= 4 is 0 Å². The third kappa shape index (κ3) is 2.47. The Morgan fingerprint density at radius 2 is 2.25 bits per heavy atom. The highest BCUT2D eigenvalue weighted by atomic mass is 16.4. The van der Waals surface area contributed by atoms with Crippen LogP contribution in [0, 0.1) is 6.92 Å². The molecule has 1 fully saturated rings. The lowest BCUT2D eigenvalue weighted by atomic mass is 9.90. The van der Waals surface area contributed by atoms with Crippen LogP contribution in [0.25, 0.3) is 0 Å². The molecule has 6 heteroatoms. The standard InChI is InChI=1S/C14H21N5O/c1-10-13(14-17-16-11(2)20-14)5-4-8-19(10)9-12-6-7-15-18(12)3/h6-7,10,13H,4-5,8-9H2,1-3H3/t10-,13-/m0/s1. The van der Waals surface area contributed by atoms with Gasteiger partial charge in [0, 0.05) is 32.8 Å². The molecule has 2 aromatic rings. The fraction of sp³-hybridized carbons (Fsp3) is 0.643. The van der Waals surface area contributed by atoms with Crippen molar-refractivity contribution in [3.8, 4) is 0 Å². The highest BCUT2D eigenvalue weighted by molar-refractivity contribution is 5.04. The highest BCUT2D eigenvalue weighted by Gasteiger charge is 2.32. The predicted molar refractivity (Wildman–Crippen MR) is 74.1 cm³/mol. The van der Waals surface area contributed by atoms with Gasteiger partial charge in [-0.05, 0) is 32.4 Å². The molecule has 20 heavy (non-hydrogen) atoms. The Morgan fingerprint density at radius 1 is 1.40 bits per heavy atom. The molecule has 0 amide bonds. The molecule has 0 radical (unpaired) electrons. The number of piperidine rings is 1. The molecule has 1 saturated heterocycles. The second-order valence-electron chi connectivity index (χ2n) is 5.57. The number of likely N-dealkylation sites (tertiary alicyclic amines) is 1. The number of nitrogens with zero attached hydrogens (tertiary/aromatic N) is 5. The van der Waals surface area contributed by atoms with E-state index in [2.05, 4.69) is 33.2 Å². The molecular formula is C14H21N5O. The van der Waals surface area contributed by atoms with E-state index in [1.165, 1.54) is 5.69 Å². The van der Waals surface area contributed by atoms with E-state index in [1.54, 1.807) is 0 Å². The van der Waals surface area contributed by atoms with Gasteiger partial charge in [-0.3, -0.25) is 9.58 Å². The van der Waals surface area contributed by atoms with Gasteiger partial charge in [-0.2, -0.15) is 5.10 Å². The number of aromatic nitrogens is 4. The lowest BCUT2D eigenvalue weighted by Crippen LogP contribution is -2.42. The number of rotatable bonds is 3. The maximum Gasteiger partial charge on any atom is 0.221 e. The first-order chi connectivity index (χ1) is 9.65. The van der Waals surface area contributed by atoms with Crippen LogP contribution in [0.15, 0.2) is 16.7 Å². The van der Waals surface area contributed by atoms with Crippen LogP contribution in [0.1, 0.15) is 43.2 Å². The van der Waals surface area contributed by atoms with Gasteiger partial charge in [0.2, 0.25) is 11.8 Å². The van der Waals surface area contributed by atoms with E-state index in [-0.39, 0.29) is 0 Å². The molecule has 0 bridgehead atoms. The lowest BCUT2D eigenvalue weighted by Gasteiger charge is -2.37. The van der Waals surface area contributed by atoms with E-state index in [4.69, 9.17) is 4.42 Å². The van der Waals surface area contributed by atoms with Crippen LogP contribution in [0.4, 0.5) is 0 Å². The van der Waals surface area contributed by atoms with Crippen LogP contribution >= 0.6 is 0 Å². The van der Waals surface area contributed by atoms with Gasteiger partial charge in [0.05, 0.1) is 11.6 Å². The summed E-state index contributed by atoms with van der Waals surface area (Å²) in [5.41, 5.74) is 1.24. The second kappa shape index (κ2) is 5.36. The number of aryl methyl sites for hydroxylation is 2. The quantitative estimate of drug-likeness (QED) is 0.856. The maximum absolute atomic E-state index is 5.63. The van der Waals surface area contributed by atoms with Gasteiger partial charge >= 0.3 is 0 Å². The third-order valence-electron chi connectivity index (χ3n) is 4.27. The first kappa shape index (κ1) is 13.3. The summed E-state index contributed by atoms with van der Waals surface area (Å²) >= 11 is 0. The van der Waals surface area contributed by atoms with Crippen molar-refractivity contribution in [1.82, 2.24) is 24.9 Å². The Morgan fingerprint density at radius 3 is 2.90 bits per heavy atom. The van der Waals surface area contributed by atoms with Crippen LogP contribution in [-0.4, -0.2) is 37.5 Å². The van der Waals surface area contributed by atoms with Gasteiger partial charge in [0.1, 0.15) is 0 Å². The maximum atomic E-state index is 5.63. The minimum absolute atomic E-state index is 0.332. The first-order valence-electron chi connectivity index (χ1n) is 7.16. The Hall–Kier alpha value is -1.69. The Bertz CT molecular complexity index is 576. The predicted octanol–water partition coefficient (Wildman–Crippen LogP) is 1.88. The Labute approximate surface area is 118 Å². The average molecular weight is 275 g/mol. The summed E-state index contributed by atoms with van der Waals surface area (Å²) in [6, 6.07) is 2.48. The smallest absolute Gasteiger partial charge is 0.221 e. The normalized spacial score (nSPS) is 24.1. The second-order valence-corrected chi connectivity index (χ2v) is 5.57. The van der Waals surface area contributed by atoms with E-state index in [0.29, 0.717) is 17.9 Å². The Kier molecular flexibility index (Phi) is 3.56. The summed E-state index contributed by atoms with van der Waals surface area (Å²) in [5, 5.41) is 12.4. The molecule has 1 aliphatic heterocycles. The number of hydrogen-bond acceptors (Lipinski definition) is 5. The summed E-state index contributed by atoms with van der Waals surface area (Å²) in [5.74, 6) is 1.76. The van der Waals surface area contributed by atoms with Gasteiger partial charge in [0.25, 0.3) is 0 Å². The van der Waals surface area contributed by atoms with Crippen LogP contribution < -0.4 is 0 Å². The summed E-state index contributed by atoms with van der Waals surface area (Å²) in [6.45, 7) is 6.12. The van der Waals surface area contributed by atoms with E-state index < -0.39 is 0 Å². The molecule has 0 aromatic carbocycles. The molecule has 0 N–H and O–H groups in total. The zero-order valence-corrected chi connectivity index (χ0v) is 12.3. The lowest BCUT2D eigenvalue weighted by molar-refractivity contribution is 0.116. The molecule has 0 saturated carbocycles. The van der Waals surface area contributed by atoms with Gasteiger partial charge in [0.15, 0.2) is 0 Å². The van der Waals surface area contributed by atoms with Crippen LogP contribution in [0.3, 0.4) is 0 Å². The largest absolute Gasteiger partial charge is 0.425 e. The van der Waals surface area contributed by atoms with E-state index >= 15 is 0 Å². The molecule has 0 spiro atoms. The van der Waals surface area contributed by atoms with Crippen molar-refractivity contribution < 1.29 is 4.42 Å². The summed E-state index contributed by atoms with van der Waals surface area (Å²) < 4.78 is 7.57. The molecule has 108 valence electrons. The van der Waals surface area contributed by atoms with Crippen molar-refractivity contribution in [3.63, 3.8) is 0 Å². The zero-order chi connectivity index (χ0) is 14.1. The molecule has 6 nitrogen and oxygen atoms in total. The molecule has 1 aliphatic rings. The van der Waals surface area contributed by atoms with Crippen LogP contribution in [0.5, 0.6) is 0 Å². The van der Waals surface area contributed by atoms with Crippen molar-refractivity contribution in [2.24, 2.45) is 7.05 Å². The van der Waals surface area contributed by atoms with E-state index in [0.717, 1.165) is 31.8 Å². The molecule has 0 aliphatic carbocycles. The van der Waals surface area contributed by atoms with Crippen molar-refractivity contribution in [1.29, 1.82) is 0 Å². The molecular weight excluding hydrogens is 254 g/mol. The Balaban J connectivity index is 1.75. The summed E-state index contributed by atoms with van der Waals surface area (Å²) in [7, 11) is 1.99. The topological polar surface area (TPSA) is 60.0 Å². The van der Waals surface area contributed by atoms with E-state index in [9.17, 15) is 0 Å². The van der Waals surface area contributed by atoms with Gasteiger partial charge in [-0.25, -0.2) is 0 Å². The fourth-order valence-electron chi connectivity index (χ4n) is 2.99. The molecule has 0 unspecified atom stereocenters. The van der Waals surface area contributed by atoms with E-state index in [1.807, 2.05) is 24.9 Å².